The van der Waals surface area contributed by atoms with Gasteiger partial charge in [0.25, 0.3) is 0 Å². The number of rotatable bonds is 8. The summed E-state index contributed by atoms with van der Waals surface area (Å²) in [5, 5.41) is 4.76. The number of carbonyl (C=O) groups excluding carboxylic acids is 2. The molecule has 0 spiro atoms. The molecule has 0 aliphatic heterocycles. The Balaban J connectivity index is 2.12. The first kappa shape index (κ1) is 19.1. The van der Waals surface area contributed by atoms with Crippen molar-refractivity contribution in [1.29, 1.82) is 0 Å². The van der Waals surface area contributed by atoms with Crippen molar-refractivity contribution in [2.45, 2.75) is 39.5 Å². The Morgan fingerprint density at radius 3 is 2.76 bits per heavy atom. The van der Waals surface area contributed by atoms with E-state index in [-0.39, 0.29) is 24.2 Å². The lowest BCUT2D eigenvalue weighted by molar-refractivity contribution is -0.146. The highest BCUT2D eigenvalue weighted by Crippen LogP contribution is 2.33. The molecule has 7 heteroatoms. The SMILES string of the molecule is CCC(CC(=O)COC(C)=O)C(C)c1cn(-c2cccnc2)nc1Cl. The molecule has 2 atom stereocenters. The van der Waals surface area contributed by atoms with Gasteiger partial charge in [-0.2, -0.15) is 5.10 Å². The molecule has 0 amide bonds. The van der Waals surface area contributed by atoms with Gasteiger partial charge in [0.2, 0.25) is 0 Å². The van der Waals surface area contributed by atoms with Gasteiger partial charge in [0.1, 0.15) is 6.61 Å². The van der Waals surface area contributed by atoms with Crippen molar-refractivity contribution in [2.24, 2.45) is 5.92 Å². The van der Waals surface area contributed by atoms with Crippen LogP contribution in [0.5, 0.6) is 0 Å². The summed E-state index contributed by atoms with van der Waals surface area (Å²) in [4.78, 5) is 26.9. The van der Waals surface area contributed by atoms with Crippen LogP contribution in [0.4, 0.5) is 0 Å². The molecule has 0 saturated heterocycles. The maximum atomic E-state index is 12.0. The van der Waals surface area contributed by atoms with E-state index in [4.69, 9.17) is 16.3 Å². The Morgan fingerprint density at radius 1 is 1.40 bits per heavy atom. The Kier molecular flexibility index (Phi) is 6.70. The zero-order valence-corrected chi connectivity index (χ0v) is 15.4. The van der Waals surface area contributed by atoms with Crippen LogP contribution in [-0.2, 0) is 14.3 Å². The molecule has 25 heavy (non-hydrogen) atoms. The lowest BCUT2D eigenvalue weighted by Crippen LogP contribution is -2.19. The molecule has 2 heterocycles. The molecule has 0 bridgehead atoms. The number of halogens is 1. The number of Topliss-reactive ketones (excluding diaryl/α,β-unsaturated/α-hetero) is 1. The maximum Gasteiger partial charge on any atom is 0.303 e. The Bertz CT molecular complexity index is 730. The first-order valence-corrected chi connectivity index (χ1v) is 8.60. The quantitative estimate of drug-likeness (QED) is 0.670. The third-order valence-corrected chi connectivity index (χ3v) is 4.55. The summed E-state index contributed by atoms with van der Waals surface area (Å²) >= 11 is 6.32. The van der Waals surface area contributed by atoms with Crippen molar-refractivity contribution in [3.63, 3.8) is 0 Å². The number of ketones is 1. The molecule has 2 aromatic rings. The van der Waals surface area contributed by atoms with Gasteiger partial charge in [-0.25, -0.2) is 4.68 Å². The molecule has 134 valence electrons. The fraction of sp³-hybridized carbons (Fsp3) is 0.444. The van der Waals surface area contributed by atoms with Crippen LogP contribution in [0.25, 0.3) is 5.69 Å². The minimum Gasteiger partial charge on any atom is -0.458 e. The zero-order valence-electron chi connectivity index (χ0n) is 14.6. The van der Waals surface area contributed by atoms with Crippen molar-refractivity contribution < 1.29 is 14.3 Å². The normalized spacial score (nSPS) is 13.3. The van der Waals surface area contributed by atoms with Crippen molar-refractivity contribution in [3.05, 3.63) is 41.4 Å². The minimum absolute atomic E-state index is 0.0456. The van der Waals surface area contributed by atoms with Crippen molar-refractivity contribution in [2.75, 3.05) is 6.61 Å². The lowest BCUT2D eigenvalue weighted by atomic mass is 9.84. The van der Waals surface area contributed by atoms with Crippen LogP contribution in [0.1, 0.15) is 45.1 Å². The molecule has 0 aromatic carbocycles. The lowest BCUT2D eigenvalue weighted by Gasteiger charge is -2.21. The summed E-state index contributed by atoms with van der Waals surface area (Å²) in [6.45, 7) is 5.17. The Morgan fingerprint density at radius 2 is 2.16 bits per heavy atom. The van der Waals surface area contributed by atoms with Gasteiger partial charge in [0.15, 0.2) is 10.9 Å². The van der Waals surface area contributed by atoms with Crippen molar-refractivity contribution in [3.8, 4) is 5.69 Å². The van der Waals surface area contributed by atoms with E-state index >= 15 is 0 Å². The number of esters is 1. The van der Waals surface area contributed by atoms with E-state index in [0.717, 1.165) is 17.7 Å². The second kappa shape index (κ2) is 8.76. The fourth-order valence-corrected chi connectivity index (χ4v) is 3.06. The highest BCUT2D eigenvalue weighted by Gasteiger charge is 2.24. The third-order valence-electron chi connectivity index (χ3n) is 4.25. The molecule has 2 unspecified atom stereocenters. The topological polar surface area (TPSA) is 74.1 Å². The molecule has 0 radical (unpaired) electrons. The predicted octanol–water partition coefficient (Wildman–Crippen LogP) is 3.57. The third kappa shape index (κ3) is 5.13. The van der Waals surface area contributed by atoms with E-state index < -0.39 is 5.97 Å². The Hall–Kier alpha value is -2.21. The molecule has 2 aromatic heterocycles. The molecular weight excluding hydrogens is 342 g/mol. The van der Waals surface area contributed by atoms with Crippen LogP contribution < -0.4 is 0 Å². The molecule has 2 rings (SSSR count). The summed E-state index contributed by atoms with van der Waals surface area (Å²) < 4.78 is 6.47. The van der Waals surface area contributed by atoms with Gasteiger partial charge in [-0.15, -0.1) is 0 Å². The summed E-state index contributed by atoms with van der Waals surface area (Å²) in [5.41, 5.74) is 1.71. The Labute approximate surface area is 152 Å². The summed E-state index contributed by atoms with van der Waals surface area (Å²) in [5.74, 6) is -0.406. The number of carbonyl (C=O) groups is 2. The first-order valence-electron chi connectivity index (χ1n) is 8.22. The van der Waals surface area contributed by atoms with Gasteiger partial charge in [-0.3, -0.25) is 14.6 Å². The number of ether oxygens (including phenoxy) is 1. The number of aromatic nitrogens is 3. The predicted molar refractivity (Wildman–Crippen MR) is 94.8 cm³/mol. The first-order chi connectivity index (χ1) is 11.9. The smallest absolute Gasteiger partial charge is 0.303 e. The highest BCUT2D eigenvalue weighted by molar-refractivity contribution is 6.30. The summed E-state index contributed by atoms with van der Waals surface area (Å²) in [6, 6.07) is 3.72. The monoisotopic (exact) mass is 363 g/mol. The van der Waals surface area contributed by atoms with E-state index in [0.29, 0.717) is 11.6 Å². The van der Waals surface area contributed by atoms with Crippen LogP contribution in [-0.4, -0.2) is 33.1 Å². The maximum absolute atomic E-state index is 12.0. The van der Waals surface area contributed by atoms with Crippen LogP contribution in [0.15, 0.2) is 30.7 Å². The zero-order chi connectivity index (χ0) is 18.4. The second-order valence-corrected chi connectivity index (χ2v) is 6.37. The van der Waals surface area contributed by atoms with Crippen LogP contribution in [0.3, 0.4) is 0 Å². The van der Waals surface area contributed by atoms with Crippen LogP contribution in [0.2, 0.25) is 5.15 Å². The fourth-order valence-electron chi connectivity index (χ4n) is 2.76. The van der Waals surface area contributed by atoms with Crippen LogP contribution in [0, 0.1) is 5.92 Å². The van der Waals surface area contributed by atoms with Crippen LogP contribution >= 0.6 is 11.6 Å². The minimum atomic E-state index is -0.449. The summed E-state index contributed by atoms with van der Waals surface area (Å²) in [6.07, 6.45) is 6.42. The van der Waals surface area contributed by atoms with Gasteiger partial charge in [-0.05, 0) is 24.0 Å². The van der Waals surface area contributed by atoms with Gasteiger partial charge >= 0.3 is 5.97 Å². The number of pyridine rings is 1. The van der Waals surface area contributed by atoms with E-state index in [9.17, 15) is 9.59 Å². The molecule has 6 nitrogen and oxygen atoms in total. The van der Waals surface area contributed by atoms with Gasteiger partial charge in [0, 0.05) is 31.3 Å². The van der Waals surface area contributed by atoms with E-state index in [1.807, 2.05) is 32.2 Å². The standard InChI is InChI=1S/C18H22ClN3O3/c1-4-14(8-16(24)11-25-13(3)23)12(2)17-10-22(21-18(17)19)15-6-5-7-20-9-15/h5-7,9-10,12,14H,4,8,11H2,1-3H3. The average Bonchev–Trinajstić information content (AvgIpc) is 2.99. The van der Waals surface area contributed by atoms with E-state index in [2.05, 4.69) is 10.1 Å². The molecule has 0 saturated carbocycles. The van der Waals surface area contributed by atoms with Crippen molar-refractivity contribution in [1.82, 2.24) is 14.8 Å². The molecule has 0 fully saturated rings. The average molecular weight is 364 g/mol. The number of hydrogen-bond acceptors (Lipinski definition) is 5. The second-order valence-electron chi connectivity index (χ2n) is 6.01. The van der Waals surface area contributed by atoms with E-state index in [1.165, 1.54) is 6.92 Å². The van der Waals surface area contributed by atoms with Crippen molar-refractivity contribution >= 4 is 23.4 Å². The number of nitrogens with zero attached hydrogens (tertiary/aromatic N) is 3. The highest BCUT2D eigenvalue weighted by atomic mass is 35.5. The molecule has 0 N–H and O–H groups in total. The molecule has 0 aliphatic carbocycles. The number of hydrogen-bond donors (Lipinski definition) is 0. The van der Waals surface area contributed by atoms with Gasteiger partial charge in [-0.1, -0.05) is 31.9 Å². The molecular formula is C18H22ClN3O3. The van der Waals surface area contributed by atoms with E-state index in [1.54, 1.807) is 17.1 Å². The summed E-state index contributed by atoms with van der Waals surface area (Å²) in [7, 11) is 0. The van der Waals surface area contributed by atoms with Gasteiger partial charge < -0.3 is 4.74 Å². The molecule has 0 aliphatic rings. The largest absolute Gasteiger partial charge is 0.458 e. The van der Waals surface area contributed by atoms with Gasteiger partial charge in [0.05, 0.1) is 11.9 Å².